The largest absolute Gasteiger partial charge is 0.378 e. The number of hydrogen-bond acceptors (Lipinski definition) is 6. The van der Waals surface area contributed by atoms with Crippen molar-refractivity contribution in [2.24, 2.45) is 5.92 Å². The van der Waals surface area contributed by atoms with Crippen LogP contribution in [0.1, 0.15) is 38.5 Å². The number of aromatic nitrogens is 2. The summed E-state index contributed by atoms with van der Waals surface area (Å²) in [6, 6.07) is 0.600. The van der Waals surface area contributed by atoms with Gasteiger partial charge in [0, 0.05) is 25.6 Å². The highest BCUT2D eigenvalue weighted by Gasteiger charge is 2.27. The van der Waals surface area contributed by atoms with Crippen LogP contribution in [0.5, 0.6) is 0 Å². The lowest BCUT2D eigenvalue weighted by molar-refractivity contribution is 0.121. The highest BCUT2D eigenvalue weighted by molar-refractivity contribution is 5.28. The van der Waals surface area contributed by atoms with E-state index >= 15 is 0 Å². The fraction of sp³-hybridized carbons (Fsp3) is 0.867. The smallest absolute Gasteiger partial charge is 0.266 e. The van der Waals surface area contributed by atoms with Crippen molar-refractivity contribution < 1.29 is 9.26 Å². The van der Waals surface area contributed by atoms with E-state index in [9.17, 15) is 0 Å². The third kappa shape index (κ3) is 3.74. The van der Waals surface area contributed by atoms with Gasteiger partial charge in [-0.05, 0) is 30.5 Å². The van der Waals surface area contributed by atoms with Gasteiger partial charge >= 0.3 is 0 Å². The Hall–Kier alpha value is -1.14. The highest BCUT2D eigenvalue weighted by Crippen LogP contribution is 2.27. The second kappa shape index (κ2) is 7.22. The molecule has 1 aliphatic heterocycles. The third-order valence-corrected chi connectivity index (χ3v) is 4.56. The molecule has 118 valence electrons. The van der Waals surface area contributed by atoms with Crippen LogP contribution in [-0.4, -0.2) is 49.0 Å². The topological polar surface area (TPSA) is 63.4 Å². The van der Waals surface area contributed by atoms with Crippen LogP contribution in [-0.2, 0) is 11.2 Å². The number of anilines is 1. The second-order valence-electron chi connectivity index (χ2n) is 6.00. The van der Waals surface area contributed by atoms with Gasteiger partial charge in [-0.15, -0.1) is 0 Å². The van der Waals surface area contributed by atoms with Crippen molar-refractivity contribution in [2.75, 3.05) is 37.7 Å². The Bertz CT molecular complexity index is 429. The molecule has 3 rings (SSSR count). The van der Waals surface area contributed by atoms with Gasteiger partial charge in [0.1, 0.15) is 0 Å². The first kappa shape index (κ1) is 14.8. The average Bonchev–Trinajstić information content (AvgIpc) is 2.99. The van der Waals surface area contributed by atoms with Crippen LogP contribution >= 0.6 is 0 Å². The maximum absolute atomic E-state index is 5.48. The molecular formula is C15H26N4O2. The summed E-state index contributed by atoms with van der Waals surface area (Å²) in [6.45, 7) is 6.40. The minimum Gasteiger partial charge on any atom is -0.378 e. The first-order valence-electron chi connectivity index (χ1n) is 8.25. The van der Waals surface area contributed by atoms with Gasteiger partial charge < -0.3 is 19.5 Å². The van der Waals surface area contributed by atoms with Gasteiger partial charge in [-0.2, -0.15) is 4.98 Å². The van der Waals surface area contributed by atoms with Gasteiger partial charge in [-0.25, -0.2) is 0 Å². The van der Waals surface area contributed by atoms with Crippen LogP contribution in [0, 0.1) is 5.92 Å². The zero-order valence-electron chi connectivity index (χ0n) is 12.9. The van der Waals surface area contributed by atoms with E-state index in [1.807, 2.05) is 0 Å². The lowest BCUT2D eigenvalue weighted by atomic mass is 9.82. The molecule has 6 nitrogen and oxygen atoms in total. The molecule has 1 N–H and O–H groups in total. The molecule has 0 bridgehead atoms. The number of nitrogens with one attached hydrogen (secondary N) is 1. The molecule has 2 atom stereocenters. The van der Waals surface area contributed by atoms with Crippen LogP contribution in [0.15, 0.2) is 4.52 Å². The first-order valence-corrected chi connectivity index (χ1v) is 8.25. The maximum atomic E-state index is 5.48. The van der Waals surface area contributed by atoms with Crippen molar-refractivity contribution in [3.05, 3.63) is 5.89 Å². The van der Waals surface area contributed by atoms with Crippen molar-refractivity contribution in [3.63, 3.8) is 0 Å². The second-order valence-corrected chi connectivity index (χ2v) is 6.00. The molecule has 0 radical (unpaired) electrons. The summed E-state index contributed by atoms with van der Waals surface area (Å²) < 4.78 is 10.8. The van der Waals surface area contributed by atoms with Crippen LogP contribution in [0.25, 0.3) is 0 Å². The van der Waals surface area contributed by atoms with Gasteiger partial charge in [-0.3, -0.25) is 0 Å². The number of hydrogen-bond donors (Lipinski definition) is 1. The summed E-state index contributed by atoms with van der Waals surface area (Å²) in [6.07, 6.45) is 6.07. The molecule has 2 heterocycles. The molecule has 1 aromatic rings. The maximum Gasteiger partial charge on any atom is 0.266 e. The van der Waals surface area contributed by atoms with E-state index in [1.54, 1.807) is 0 Å². The number of nitrogens with zero attached hydrogens (tertiary/aromatic N) is 3. The summed E-state index contributed by atoms with van der Waals surface area (Å²) in [7, 11) is 0. The molecule has 6 heteroatoms. The summed E-state index contributed by atoms with van der Waals surface area (Å²) >= 11 is 0. The van der Waals surface area contributed by atoms with E-state index < -0.39 is 0 Å². The molecule has 21 heavy (non-hydrogen) atoms. The Balaban J connectivity index is 1.60. The summed E-state index contributed by atoms with van der Waals surface area (Å²) in [5.41, 5.74) is 0. The van der Waals surface area contributed by atoms with Crippen LogP contribution in [0.2, 0.25) is 0 Å². The van der Waals surface area contributed by atoms with Crippen LogP contribution in [0.4, 0.5) is 5.95 Å². The minimum absolute atomic E-state index is 0.600. The first-order chi connectivity index (χ1) is 10.4. The van der Waals surface area contributed by atoms with E-state index in [-0.39, 0.29) is 0 Å². The quantitative estimate of drug-likeness (QED) is 0.890. The van der Waals surface area contributed by atoms with Crippen molar-refractivity contribution in [1.29, 1.82) is 0 Å². The normalized spacial score (nSPS) is 27.0. The average molecular weight is 294 g/mol. The van der Waals surface area contributed by atoms with Crippen molar-refractivity contribution in [1.82, 2.24) is 15.5 Å². The Labute approximate surface area is 126 Å². The summed E-state index contributed by atoms with van der Waals surface area (Å²) in [4.78, 5) is 6.73. The van der Waals surface area contributed by atoms with Crippen molar-refractivity contribution in [3.8, 4) is 0 Å². The van der Waals surface area contributed by atoms with Crippen molar-refractivity contribution >= 4 is 5.95 Å². The Morgan fingerprint density at radius 3 is 2.86 bits per heavy atom. The molecule has 2 fully saturated rings. The fourth-order valence-electron chi connectivity index (χ4n) is 3.43. The molecule has 0 aromatic carbocycles. The molecule has 1 saturated carbocycles. The Morgan fingerprint density at radius 2 is 2.05 bits per heavy atom. The van der Waals surface area contributed by atoms with Gasteiger partial charge in [0.15, 0.2) is 0 Å². The highest BCUT2D eigenvalue weighted by atomic mass is 16.5. The molecular weight excluding hydrogens is 268 g/mol. The van der Waals surface area contributed by atoms with Crippen LogP contribution in [0.3, 0.4) is 0 Å². The predicted molar refractivity (Wildman–Crippen MR) is 80.5 cm³/mol. The van der Waals surface area contributed by atoms with E-state index in [1.165, 1.54) is 25.7 Å². The SMILES string of the molecule is CCNC1CCCCC1Cc1nc(N2CCOCC2)no1. The lowest BCUT2D eigenvalue weighted by Gasteiger charge is -2.31. The lowest BCUT2D eigenvalue weighted by Crippen LogP contribution is -2.39. The summed E-state index contributed by atoms with van der Waals surface area (Å²) in [5.74, 6) is 2.13. The number of morpholine rings is 1. The number of ether oxygens (including phenoxy) is 1. The van der Waals surface area contributed by atoms with Gasteiger partial charge in [0.25, 0.3) is 5.95 Å². The Morgan fingerprint density at radius 1 is 1.24 bits per heavy atom. The fourth-order valence-corrected chi connectivity index (χ4v) is 3.43. The van der Waals surface area contributed by atoms with E-state index in [4.69, 9.17) is 9.26 Å². The van der Waals surface area contributed by atoms with Gasteiger partial charge in [0.05, 0.1) is 13.2 Å². The molecule has 0 spiro atoms. The molecule has 2 aliphatic rings. The zero-order valence-corrected chi connectivity index (χ0v) is 12.9. The molecule has 1 aromatic heterocycles. The molecule has 2 unspecified atom stereocenters. The van der Waals surface area contributed by atoms with Gasteiger partial charge in [-0.1, -0.05) is 19.8 Å². The van der Waals surface area contributed by atoms with E-state index in [2.05, 4.69) is 27.3 Å². The van der Waals surface area contributed by atoms with Crippen molar-refractivity contribution in [2.45, 2.75) is 45.1 Å². The van der Waals surface area contributed by atoms with Crippen LogP contribution < -0.4 is 10.2 Å². The summed E-state index contributed by atoms with van der Waals surface area (Å²) in [5, 5.41) is 7.75. The molecule has 1 saturated heterocycles. The Kier molecular flexibility index (Phi) is 5.08. The number of rotatable bonds is 5. The third-order valence-electron chi connectivity index (χ3n) is 4.56. The van der Waals surface area contributed by atoms with Gasteiger partial charge in [0.2, 0.25) is 5.89 Å². The van der Waals surface area contributed by atoms with E-state index in [0.29, 0.717) is 12.0 Å². The predicted octanol–water partition coefficient (Wildman–Crippen LogP) is 1.62. The molecule has 0 amide bonds. The van der Waals surface area contributed by atoms with E-state index in [0.717, 1.165) is 51.1 Å². The zero-order chi connectivity index (χ0) is 14.5. The standard InChI is InChI=1S/C15H26N4O2/c1-2-16-13-6-4-3-5-12(13)11-14-17-15(18-21-14)19-7-9-20-10-8-19/h12-13,16H,2-11H2,1H3. The molecule has 1 aliphatic carbocycles. The minimum atomic E-state index is 0.600. The monoisotopic (exact) mass is 294 g/mol.